The lowest BCUT2D eigenvalue weighted by Gasteiger charge is -2.10. The van der Waals surface area contributed by atoms with Gasteiger partial charge in [-0.25, -0.2) is 4.79 Å². The average Bonchev–Trinajstić information content (AvgIpc) is 2.38. The van der Waals surface area contributed by atoms with Gasteiger partial charge in [0.05, 0.1) is 11.3 Å². The molecular formula is C14H13NO3. The van der Waals surface area contributed by atoms with Crippen molar-refractivity contribution >= 4 is 11.7 Å². The van der Waals surface area contributed by atoms with Gasteiger partial charge in [-0.1, -0.05) is 36.4 Å². The van der Waals surface area contributed by atoms with Gasteiger partial charge >= 0.3 is 5.97 Å². The first-order valence-corrected chi connectivity index (χ1v) is 5.47. The lowest BCUT2D eigenvalue weighted by Crippen LogP contribution is -2.05. The second-order valence-electron chi connectivity index (χ2n) is 3.80. The molecule has 0 amide bonds. The van der Waals surface area contributed by atoms with Gasteiger partial charge in [0, 0.05) is 0 Å². The molecule has 2 aromatic rings. The van der Waals surface area contributed by atoms with E-state index in [9.17, 15) is 4.79 Å². The number of para-hydroxylation sites is 1. The highest BCUT2D eigenvalue weighted by molar-refractivity contribution is 5.95. The van der Waals surface area contributed by atoms with Crippen LogP contribution < -0.4 is 10.5 Å². The summed E-state index contributed by atoms with van der Waals surface area (Å²) in [5.74, 6) is -0.670. The number of ether oxygens (including phenoxy) is 1. The molecule has 0 radical (unpaired) electrons. The number of hydrogen-bond donors (Lipinski definition) is 2. The lowest BCUT2D eigenvalue weighted by molar-refractivity contribution is 0.0697. The first kappa shape index (κ1) is 12.0. The van der Waals surface area contributed by atoms with E-state index in [1.54, 1.807) is 12.1 Å². The van der Waals surface area contributed by atoms with Gasteiger partial charge in [0.2, 0.25) is 0 Å². The standard InChI is InChI=1S/C14H13NO3/c15-13-11(14(16)17)7-4-8-12(13)18-9-10-5-2-1-3-6-10/h1-8H,9,15H2,(H,16,17). The van der Waals surface area contributed by atoms with Crippen molar-refractivity contribution in [3.8, 4) is 5.75 Å². The molecule has 0 aliphatic rings. The molecule has 0 spiro atoms. The largest absolute Gasteiger partial charge is 0.487 e. The normalized spacial score (nSPS) is 10.0. The number of carboxylic acids is 1. The average molecular weight is 243 g/mol. The van der Waals surface area contributed by atoms with Crippen molar-refractivity contribution in [2.24, 2.45) is 0 Å². The second kappa shape index (κ2) is 5.23. The molecular weight excluding hydrogens is 230 g/mol. The molecule has 3 N–H and O–H groups in total. The van der Waals surface area contributed by atoms with Crippen molar-refractivity contribution in [2.75, 3.05) is 5.73 Å². The van der Waals surface area contributed by atoms with Crippen molar-refractivity contribution in [3.05, 3.63) is 59.7 Å². The Hall–Kier alpha value is -2.49. The van der Waals surface area contributed by atoms with Crippen molar-refractivity contribution in [1.29, 1.82) is 0 Å². The van der Waals surface area contributed by atoms with E-state index in [-0.39, 0.29) is 11.3 Å². The number of benzene rings is 2. The number of nitrogens with two attached hydrogens (primary N) is 1. The SMILES string of the molecule is Nc1c(OCc2ccccc2)cccc1C(=O)O. The third-order valence-corrected chi connectivity index (χ3v) is 2.53. The van der Waals surface area contributed by atoms with E-state index in [1.165, 1.54) is 6.07 Å². The number of nitrogen functional groups attached to an aromatic ring is 1. The zero-order valence-electron chi connectivity index (χ0n) is 9.67. The first-order valence-electron chi connectivity index (χ1n) is 5.47. The van der Waals surface area contributed by atoms with Crippen molar-refractivity contribution in [2.45, 2.75) is 6.61 Å². The Morgan fingerprint density at radius 2 is 1.83 bits per heavy atom. The number of carbonyl (C=O) groups is 1. The van der Waals surface area contributed by atoms with E-state index in [4.69, 9.17) is 15.6 Å². The van der Waals surface area contributed by atoms with Crippen LogP contribution in [0.15, 0.2) is 48.5 Å². The van der Waals surface area contributed by atoms with E-state index >= 15 is 0 Å². The Kier molecular flexibility index (Phi) is 3.48. The highest BCUT2D eigenvalue weighted by Crippen LogP contribution is 2.25. The van der Waals surface area contributed by atoms with Crippen LogP contribution in [0.25, 0.3) is 0 Å². The zero-order valence-corrected chi connectivity index (χ0v) is 9.67. The van der Waals surface area contributed by atoms with Crippen LogP contribution in [0.3, 0.4) is 0 Å². The first-order chi connectivity index (χ1) is 8.68. The quantitative estimate of drug-likeness (QED) is 0.809. The van der Waals surface area contributed by atoms with Crippen molar-refractivity contribution in [1.82, 2.24) is 0 Å². The summed E-state index contributed by atoms with van der Waals surface area (Å²) in [6.45, 7) is 0.355. The van der Waals surface area contributed by atoms with Crippen LogP contribution in [0.5, 0.6) is 5.75 Å². The molecule has 0 atom stereocenters. The second-order valence-corrected chi connectivity index (χ2v) is 3.80. The summed E-state index contributed by atoms with van der Waals surface area (Å²) in [5, 5.41) is 8.94. The van der Waals surface area contributed by atoms with Gasteiger partial charge in [0.1, 0.15) is 12.4 Å². The summed E-state index contributed by atoms with van der Waals surface area (Å²) in [7, 11) is 0. The lowest BCUT2D eigenvalue weighted by atomic mass is 10.1. The van der Waals surface area contributed by atoms with Gasteiger partial charge in [-0.15, -0.1) is 0 Å². The minimum Gasteiger partial charge on any atom is -0.487 e. The van der Waals surface area contributed by atoms with E-state index in [0.29, 0.717) is 12.4 Å². The van der Waals surface area contributed by atoms with Crippen LogP contribution in [0.4, 0.5) is 5.69 Å². The van der Waals surface area contributed by atoms with E-state index in [2.05, 4.69) is 0 Å². The smallest absolute Gasteiger partial charge is 0.337 e. The number of rotatable bonds is 4. The maximum atomic E-state index is 10.9. The molecule has 18 heavy (non-hydrogen) atoms. The molecule has 2 rings (SSSR count). The van der Waals surface area contributed by atoms with Crippen LogP contribution in [-0.4, -0.2) is 11.1 Å². The highest BCUT2D eigenvalue weighted by atomic mass is 16.5. The number of carboxylic acid groups (broad SMARTS) is 1. The predicted molar refractivity (Wildman–Crippen MR) is 68.6 cm³/mol. The Balaban J connectivity index is 2.15. The highest BCUT2D eigenvalue weighted by Gasteiger charge is 2.11. The van der Waals surface area contributed by atoms with Gasteiger partial charge in [0.25, 0.3) is 0 Å². The Labute approximate surface area is 105 Å². The molecule has 0 fully saturated rings. The molecule has 0 heterocycles. The molecule has 0 aromatic heterocycles. The summed E-state index contributed by atoms with van der Waals surface area (Å²) in [6.07, 6.45) is 0. The Bertz CT molecular complexity index is 552. The minimum atomic E-state index is -1.06. The van der Waals surface area contributed by atoms with E-state index < -0.39 is 5.97 Å². The van der Waals surface area contributed by atoms with Crippen LogP contribution in [0.1, 0.15) is 15.9 Å². The van der Waals surface area contributed by atoms with Crippen LogP contribution in [0.2, 0.25) is 0 Å². The molecule has 4 nitrogen and oxygen atoms in total. The molecule has 4 heteroatoms. The molecule has 0 aliphatic carbocycles. The molecule has 0 saturated carbocycles. The molecule has 0 aliphatic heterocycles. The third kappa shape index (κ3) is 2.60. The molecule has 2 aromatic carbocycles. The molecule has 0 saturated heterocycles. The van der Waals surface area contributed by atoms with Gasteiger partial charge in [-0.05, 0) is 17.7 Å². The van der Waals surface area contributed by atoms with Gasteiger partial charge in [-0.3, -0.25) is 0 Å². The number of aromatic carboxylic acids is 1. The monoisotopic (exact) mass is 243 g/mol. The maximum absolute atomic E-state index is 10.9. The van der Waals surface area contributed by atoms with Crippen LogP contribution in [-0.2, 0) is 6.61 Å². The number of hydrogen-bond acceptors (Lipinski definition) is 3. The van der Waals surface area contributed by atoms with Crippen molar-refractivity contribution in [3.63, 3.8) is 0 Å². The van der Waals surface area contributed by atoms with Crippen molar-refractivity contribution < 1.29 is 14.6 Å². The fraction of sp³-hybridized carbons (Fsp3) is 0.0714. The Morgan fingerprint density at radius 1 is 1.11 bits per heavy atom. The summed E-state index contributed by atoms with van der Waals surface area (Å²) >= 11 is 0. The fourth-order valence-corrected chi connectivity index (χ4v) is 1.59. The topological polar surface area (TPSA) is 72.5 Å². The molecule has 0 unspecified atom stereocenters. The molecule has 92 valence electrons. The minimum absolute atomic E-state index is 0.0561. The van der Waals surface area contributed by atoms with Gasteiger partial charge in [0.15, 0.2) is 0 Å². The maximum Gasteiger partial charge on any atom is 0.337 e. The van der Waals surface area contributed by atoms with Crippen LogP contribution >= 0.6 is 0 Å². The number of anilines is 1. The summed E-state index contributed by atoms with van der Waals surface area (Å²) in [4.78, 5) is 10.9. The molecule has 0 bridgehead atoms. The van der Waals surface area contributed by atoms with Gasteiger partial charge < -0.3 is 15.6 Å². The predicted octanol–water partition coefficient (Wildman–Crippen LogP) is 2.55. The van der Waals surface area contributed by atoms with Crippen LogP contribution in [0, 0.1) is 0 Å². The summed E-state index contributed by atoms with van der Waals surface area (Å²) in [5.41, 5.74) is 6.95. The van der Waals surface area contributed by atoms with E-state index in [1.807, 2.05) is 30.3 Å². The summed E-state index contributed by atoms with van der Waals surface area (Å²) in [6, 6.07) is 14.3. The zero-order chi connectivity index (χ0) is 13.0. The summed E-state index contributed by atoms with van der Waals surface area (Å²) < 4.78 is 5.53. The Morgan fingerprint density at radius 3 is 2.50 bits per heavy atom. The fourth-order valence-electron chi connectivity index (χ4n) is 1.59. The van der Waals surface area contributed by atoms with E-state index in [0.717, 1.165) is 5.56 Å². The van der Waals surface area contributed by atoms with Gasteiger partial charge in [-0.2, -0.15) is 0 Å². The third-order valence-electron chi connectivity index (χ3n) is 2.53.